The molecule has 1 N–H and O–H groups in total. The zero-order valence-corrected chi connectivity index (χ0v) is 21.0. The van der Waals surface area contributed by atoms with Crippen molar-refractivity contribution < 1.29 is 14.3 Å². The fourth-order valence-corrected chi connectivity index (χ4v) is 4.17. The predicted molar refractivity (Wildman–Crippen MR) is 134 cm³/mol. The van der Waals surface area contributed by atoms with Crippen molar-refractivity contribution in [3.8, 4) is 0 Å². The first-order valence-corrected chi connectivity index (χ1v) is 11.6. The Hall–Kier alpha value is -2.73. The molecule has 1 aromatic carbocycles. The number of rotatable bonds is 7. The summed E-state index contributed by atoms with van der Waals surface area (Å²) in [6.45, 7) is 14.7. The first-order chi connectivity index (χ1) is 15.5. The van der Waals surface area contributed by atoms with Crippen LogP contribution in [0.4, 0.5) is 4.39 Å². The summed E-state index contributed by atoms with van der Waals surface area (Å²) in [4.78, 5) is 21.2. The van der Waals surface area contributed by atoms with Gasteiger partial charge in [0.2, 0.25) is 0 Å². The summed E-state index contributed by atoms with van der Waals surface area (Å²) >= 11 is 0. The molecule has 0 aromatic heterocycles. The average molecular weight is 456 g/mol. The largest absolute Gasteiger partial charge is 0.381 e. The maximum absolute atomic E-state index is 14.8. The second-order valence-electron chi connectivity index (χ2n) is 9.00. The molecule has 1 atom stereocenters. The van der Waals surface area contributed by atoms with Crippen LogP contribution in [0.1, 0.15) is 60.5 Å². The van der Waals surface area contributed by atoms with Gasteiger partial charge in [-0.05, 0) is 59.6 Å². The first-order valence-electron chi connectivity index (χ1n) is 11.6. The maximum Gasteiger partial charge on any atom is 0.254 e. The molecule has 2 rings (SSSR count). The number of piperazine rings is 1. The normalized spacial score (nSPS) is 19.2. The standard InChI is InChI=1S/C27H38FN3O2/c1-8-10-15-29-20(4)25(22(9-2)23-13-11-12-14-24(23)28)21(5)30-16-17-31(19(3)18-30)26(32)27(6,7)33/h9-15,19,33H,8,16-18H2,1-7H3/b15-10+,22-9-,25-21-,29-20+. The molecule has 1 aliphatic rings. The third-order valence-corrected chi connectivity index (χ3v) is 5.94. The number of amides is 1. The lowest BCUT2D eigenvalue weighted by atomic mass is 9.92. The number of halogens is 1. The third kappa shape index (κ3) is 6.41. The second-order valence-corrected chi connectivity index (χ2v) is 9.00. The SMILES string of the molecule is C\C=C(C(/C(C)=N/C=C/CC)=C(/C)N1CCN(C(=O)C(C)(C)O)C(C)C1)\c1ccccc1F. The summed E-state index contributed by atoms with van der Waals surface area (Å²) in [5, 5.41) is 10.2. The molecule has 0 spiro atoms. The number of nitrogens with zero attached hydrogens (tertiary/aromatic N) is 3. The summed E-state index contributed by atoms with van der Waals surface area (Å²) in [6, 6.07) is 6.71. The molecule has 1 saturated heterocycles. The molecular weight excluding hydrogens is 417 g/mol. The van der Waals surface area contributed by atoms with E-state index in [4.69, 9.17) is 0 Å². The fraction of sp³-hybridized carbons (Fsp3) is 0.481. The van der Waals surface area contributed by atoms with Crippen LogP contribution in [-0.2, 0) is 4.79 Å². The smallest absolute Gasteiger partial charge is 0.254 e. The van der Waals surface area contributed by atoms with Gasteiger partial charge in [0.05, 0.1) is 0 Å². The van der Waals surface area contributed by atoms with Crippen molar-refractivity contribution >= 4 is 17.2 Å². The molecule has 0 aliphatic carbocycles. The number of hydrogen-bond donors (Lipinski definition) is 1. The molecule has 0 saturated carbocycles. The van der Waals surface area contributed by atoms with Crippen molar-refractivity contribution in [2.75, 3.05) is 19.6 Å². The Balaban J connectivity index is 2.51. The van der Waals surface area contributed by atoms with E-state index in [9.17, 15) is 14.3 Å². The van der Waals surface area contributed by atoms with Crippen LogP contribution in [0.15, 0.2) is 58.9 Å². The maximum atomic E-state index is 14.8. The summed E-state index contributed by atoms with van der Waals surface area (Å²) in [5.41, 5.74) is 2.60. The molecule has 6 heteroatoms. The summed E-state index contributed by atoms with van der Waals surface area (Å²) < 4.78 is 14.8. The minimum Gasteiger partial charge on any atom is -0.381 e. The zero-order chi connectivity index (χ0) is 24.8. The molecule has 1 amide bonds. The highest BCUT2D eigenvalue weighted by molar-refractivity contribution is 6.12. The summed E-state index contributed by atoms with van der Waals surface area (Å²) in [6.07, 6.45) is 6.59. The van der Waals surface area contributed by atoms with Gasteiger partial charge in [0, 0.05) is 54.4 Å². The van der Waals surface area contributed by atoms with Crippen molar-refractivity contribution in [2.45, 2.75) is 66.5 Å². The third-order valence-electron chi connectivity index (χ3n) is 5.94. The summed E-state index contributed by atoms with van der Waals surface area (Å²) in [7, 11) is 0. The zero-order valence-electron chi connectivity index (χ0n) is 21.0. The predicted octanol–water partition coefficient (Wildman–Crippen LogP) is 5.19. The monoisotopic (exact) mass is 455 g/mol. The second kappa shape index (κ2) is 11.4. The number of aliphatic imine (C=N–C) groups is 1. The molecule has 5 nitrogen and oxygen atoms in total. The lowest BCUT2D eigenvalue weighted by Crippen LogP contribution is -2.58. The number of allylic oxidation sites excluding steroid dienone is 5. The molecule has 0 radical (unpaired) electrons. The van der Waals surface area contributed by atoms with Crippen LogP contribution >= 0.6 is 0 Å². The van der Waals surface area contributed by atoms with Crippen molar-refractivity contribution in [1.82, 2.24) is 9.80 Å². The molecule has 1 fully saturated rings. The van der Waals surface area contributed by atoms with Crippen LogP contribution in [-0.4, -0.2) is 57.8 Å². The van der Waals surface area contributed by atoms with E-state index in [-0.39, 0.29) is 17.8 Å². The Bertz CT molecular complexity index is 970. The van der Waals surface area contributed by atoms with E-state index in [1.54, 1.807) is 23.2 Å². The van der Waals surface area contributed by atoms with Gasteiger partial charge in [-0.3, -0.25) is 9.79 Å². The quantitative estimate of drug-likeness (QED) is 0.455. The highest BCUT2D eigenvalue weighted by atomic mass is 19.1. The van der Waals surface area contributed by atoms with E-state index in [1.807, 2.05) is 45.9 Å². The number of hydrogen-bond acceptors (Lipinski definition) is 4. The highest BCUT2D eigenvalue weighted by Crippen LogP contribution is 2.31. The minimum atomic E-state index is -1.40. The van der Waals surface area contributed by atoms with Crippen LogP contribution in [0.3, 0.4) is 0 Å². The van der Waals surface area contributed by atoms with E-state index in [1.165, 1.54) is 19.9 Å². The van der Waals surface area contributed by atoms with Crippen LogP contribution < -0.4 is 0 Å². The Morgan fingerprint density at radius 1 is 1.27 bits per heavy atom. The van der Waals surface area contributed by atoms with E-state index in [0.717, 1.165) is 29.0 Å². The van der Waals surface area contributed by atoms with Crippen LogP contribution in [0, 0.1) is 5.82 Å². The van der Waals surface area contributed by atoms with Gasteiger partial charge >= 0.3 is 0 Å². The minimum absolute atomic E-state index is 0.0753. The van der Waals surface area contributed by atoms with Gasteiger partial charge in [0.25, 0.3) is 5.91 Å². The van der Waals surface area contributed by atoms with Gasteiger partial charge in [0.15, 0.2) is 0 Å². The van der Waals surface area contributed by atoms with Gasteiger partial charge in [-0.1, -0.05) is 37.3 Å². The highest BCUT2D eigenvalue weighted by Gasteiger charge is 2.35. The molecular formula is C27H38FN3O2. The van der Waals surface area contributed by atoms with Crippen LogP contribution in [0.25, 0.3) is 5.57 Å². The van der Waals surface area contributed by atoms with Crippen LogP contribution in [0.5, 0.6) is 0 Å². The Morgan fingerprint density at radius 2 is 1.94 bits per heavy atom. The van der Waals surface area contributed by atoms with E-state index in [0.29, 0.717) is 25.2 Å². The van der Waals surface area contributed by atoms with Gasteiger partial charge in [-0.2, -0.15) is 0 Å². The van der Waals surface area contributed by atoms with Crippen molar-refractivity contribution in [1.29, 1.82) is 0 Å². The van der Waals surface area contributed by atoms with E-state index in [2.05, 4.69) is 16.8 Å². The molecule has 0 bridgehead atoms. The van der Waals surface area contributed by atoms with Gasteiger partial charge in [0.1, 0.15) is 11.4 Å². The number of carbonyl (C=O) groups excluding carboxylic acids is 1. The molecule has 33 heavy (non-hydrogen) atoms. The van der Waals surface area contributed by atoms with E-state index >= 15 is 0 Å². The Labute approximate surface area is 198 Å². The lowest BCUT2D eigenvalue weighted by Gasteiger charge is -2.43. The topological polar surface area (TPSA) is 56.1 Å². The Kier molecular flexibility index (Phi) is 9.17. The first kappa shape index (κ1) is 26.5. The van der Waals surface area contributed by atoms with Crippen molar-refractivity contribution in [3.05, 3.63) is 65.3 Å². The molecule has 1 aromatic rings. The van der Waals surface area contributed by atoms with Gasteiger partial charge in [-0.25, -0.2) is 4.39 Å². The van der Waals surface area contributed by atoms with Crippen LogP contribution in [0.2, 0.25) is 0 Å². The molecule has 180 valence electrons. The Morgan fingerprint density at radius 3 is 2.48 bits per heavy atom. The fourth-order valence-electron chi connectivity index (χ4n) is 4.17. The number of aliphatic hydroxyl groups is 1. The molecule has 1 aliphatic heterocycles. The number of carbonyl (C=O) groups is 1. The van der Waals surface area contributed by atoms with Gasteiger partial charge in [-0.15, -0.1) is 0 Å². The number of benzene rings is 1. The molecule has 1 heterocycles. The van der Waals surface area contributed by atoms with Crippen molar-refractivity contribution in [2.24, 2.45) is 4.99 Å². The lowest BCUT2D eigenvalue weighted by molar-refractivity contribution is -0.152. The molecule has 1 unspecified atom stereocenters. The van der Waals surface area contributed by atoms with Crippen molar-refractivity contribution in [3.63, 3.8) is 0 Å². The average Bonchev–Trinajstić information content (AvgIpc) is 2.76. The van der Waals surface area contributed by atoms with Gasteiger partial charge < -0.3 is 14.9 Å². The van der Waals surface area contributed by atoms with E-state index < -0.39 is 5.60 Å². The summed E-state index contributed by atoms with van der Waals surface area (Å²) in [5.74, 6) is -0.541.